The molecule has 3 N–H and O–H groups in total. The number of nitrogens with zero attached hydrogens (tertiary/aromatic N) is 1. The first-order valence-electron chi connectivity index (χ1n) is 15.7. The number of carbonyl (C=O) groups excluding carboxylic acids is 4. The zero-order valence-corrected chi connectivity index (χ0v) is 26.3. The van der Waals surface area contributed by atoms with Gasteiger partial charge in [-0.25, -0.2) is 0 Å². The lowest BCUT2D eigenvalue weighted by atomic mass is 9.88. The Morgan fingerprint density at radius 2 is 1.53 bits per heavy atom. The highest BCUT2D eigenvalue weighted by Crippen LogP contribution is 2.27. The maximum atomic E-state index is 13.6. The summed E-state index contributed by atoms with van der Waals surface area (Å²) in [6.07, 6.45) is 1.14. The number of fused-ring (bicyclic) bond motifs is 1. The van der Waals surface area contributed by atoms with E-state index in [4.69, 9.17) is 4.74 Å². The summed E-state index contributed by atoms with van der Waals surface area (Å²) in [5.74, 6) is -0.827. The zero-order valence-electron chi connectivity index (χ0n) is 26.3. The van der Waals surface area contributed by atoms with Crippen molar-refractivity contribution in [3.05, 3.63) is 102 Å². The van der Waals surface area contributed by atoms with E-state index < -0.39 is 18.0 Å². The molecule has 1 aliphatic heterocycles. The summed E-state index contributed by atoms with van der Waals surface area (Å²) >= 11 is 0. The molecule has 3 aromatic rings. The van der Waals surface area contributed by atoms with Crippen LogP contribution in [-0.4, -0.2) is 67.4 Å². The number of rotatable bonds is 8. The number of hydrogen-bond acceptors (Lipinski definition) is 5. The molecule has 0 saturated heterocycles. The van der Waals surface area contributed by atoms with Gasteiger partial charge in [-0.05, 0) is 48.4 Å². The number of amides is 4. The van der Waals surface area contributed by atoms with Gasteiger partial charge < -0.3 is 25.6 Å². The van der Waals surface area contributed by atoms with Crippen molar-refractivity contribution in [3.63, 3.8) is 0 Å². The predicted octanol–water partition coefficient (Wildman–Crippen LogP) is 4.29. The monoisotopic (exact) mass is 612 g/mol. The van der Waals surface area contributed by atoms with Crippen LogP contribution in [0.1, 0.15) is 66.9 Å². The third-order valence-electron chi connectivity index (χ3n) is 7.95. The summed E-state index contributed by atoms with van der Waals surface area (Å²) in [6.45, 7) is 4.78. The molecule has 0 fully saturated rings. The van der Waals surface area contributed by atoms with E-state index in [0.717, 1.165) is 11.1 Å². The standard InChI is InChI=1S/C36H44N4O5/c1-25(2)24-31-36(44)40(3)22-23-45-32-17-11-10-16-29(32)34(42)39-30(18-19-33(41)38-31)35(43)37-21-20-28(26-12-6-4-7-13-26)27-14-8-5-9-15-27/h4-17,25,28,30-31H,18-24H2,1-3H3,(H,37,43)(H,38,41)(H,39,42)/t30-,31-/m0/s1. The summed E-state index contributed by atoms with van der Waals surface area (Å²) in [7, 11) is 1.67. The number of nitrogens with one attached hydrogen (secondary N) is 3. The molecule has 0 saturated carbocycles. The number of para-hydroxylation sites is 1. The maximum Gasteiger partial charge on any atom is 0.255 e. The number of hydrogen-bond donors (Lipinski definition) is 3. The van der Waals surface area contributed by atoms with Gasteiger partial charge in [-0.1, -0.05) is 86.6 Å². The number of likely N-dealkylation sites (N-methyl/N-ethyl adjacent to an activating group) is 1. The van der Waals surface area contributed by atoms with E-state index in [1.807, 2.05) is 50.2 Å². The van der Waals surface area contributed by atoms with Crippen LogP contribution >= 0.6 is 0 Å². The average Bonchev–Trinajstić information content (AvgIpc) is 3.04. The van der Waals surface area contributed by atoms with Crippen molar-refractivity contribution >= 4 is 23.6 Å². The summed E-state index contributed by atoms with van der Waals surface area (Å²) in [5.41, 5.74) is 2.56. The molecular weight excluding hydrogens is 568 g/mol. The Bertz CT molecular complexity index is 1390. The van der Waals surface area contributed by atoms with E-state index in [0.29, 0.717) is 25.1 Å². The summed E-state index contributed by atoms with van der Waals surface area (Å²) in [5, 5.41) is 8.70. The van der Waals surface area contributed by atoms with E-state index >= 15 is 0 Å². The van der Waals surface area contributed by atoms with Crippen molar-refractivity contribution in [2.45, 2.75) is 57.5 Å². The van der Waals surface area contributed by atoms with Crippen molar-refractivity contribution in [3.8, 4) is 5.75 Å². The Kier molecular flexibility index (Phi) is 12.1. The quantitative estimate of drug-likeness (QED) is 0.351. The smallest absolute Gasteiger partial charge is 0.255 e. The van der Waals surface area contributed by atoms with Gasteiger partial charge in [0.15, 0.2) is 0 Å². The first-order chi connectivity index (χ1) is 21.7. The Balaban J connectivity index is 1.52. The van der Waals surface area contributed by atoms with Gasteiger partial charge >= 0.3 is 0 Å². The van der Waals surface area contributed by atoms with Crippen LogP contribution < -0.4 is 20.7 Å². The van der Waals surface area contributed by atoms with E-state index in [2.05, 4.69) is 40.2 Å². The number of benzene rings is 3. The van der Waals surface area contributed by atoms with Crippen LogP contribution in [0.15, 0.2) is 84.9 Å². The van der Waals surface area contributed by atoms with Gasteiger partial charge in [0.25, 0.3) is 5.91 Å². The molecule has 238 valence electrons. The van der Waals surface area contributed by atoms with Crippen molar-refractivity contribution < 1.29 is 23.9 Å². The zero-order chi connectivity index (χ0) is 32.2. The number of ether oxygens (including phenoxy) is 1. The third kappa shape index (κ3) is 9.66. The Morgan fingerprint density at radius 3 is 2.18 bits per heavy atom. The highest BCUT2D eigenvalue weighted by Gasteiger charge is 2.28. The van der Waals surface area contributed by atoms with Crippen molar-refractivity contribution in [1.82, 2.24) is 20.9 Å². The molecule has 1 aliphatic rings. The van der Waals surface area contributed by atoms with Crippen molar-refractivity contribution in [2.24, 2.45) is 5.92 Å². The normalized spacial score (nSPS) is 18.2. The molecule has 9 nitrogen and oxygen atoms in total. The van der Waals surface area contributed by atoms with Crippen LogP contribution in [0.3, 0.4) is 0 Å². The fourth-order valence-electron chi connectivity index (χ4n) is 5.55. The molecule has 0 bridgehead atoms. The number of carbonyl (C=O) groups is 4. The van der Waals surface area contributed by atoms with Crippen molar-refractivity contribution in [2.75, 3.05) is 26.7 Å². The Labute approximate surface area is 265 Å². The molecule has 45 heavy (non-hydrogen) atoms. The molecule has 9 heteroatoms. The van der Waals surface area contributed by atoms with Gasteiger partial charge in [0, 0.05) is 25.9 Å². The second-order valence-corrected chi connectivity index (χ2v) is 11.9. The first-order valence-corrected chi connectivity index (χ1v) is 15.7. The van der Waals surface area contributed by atoms with E-state index in [9.17, 15) is 19.2 Å². The van der Waals surface area contributed by atoms with Gasteiger partial charge in [-0.15, -0.1) is 0 Å². The van der Waals surface area contributed by atoms with Gasteiger partial charge in [0.1, 0.15) is 24.4 Å². The molecule has 2 atom stereocenters. The first kappa shape index (κ1) is 33.2. The molecule has 0 radical (unpaired) electrons. The van der Waals surface area contributed by atoms with E-state index in [1.54, 1.807) is 31.3 Å². The van der Waals surface area contributed by atoms with E-state index in [-0.39, 0.29) is 61.1 Å². The minimum absolute atomic E-state index is 0.0429. The fraction of sp³-hybridized carbons (Fsp3) is 0.389. The minimum atomic E-state index is -0.977. The van der Waals surface area contributed by atoms with Gasteiger partial charge in [0.2, 0.25) is 17.7 Å². The fourth-order valence-corrected chi connectivity index (χ4v) is 5.55. The molecule has 0 spiro atoms. The lowest BCUT2D eigenvalue weighted by molar-refractivity contribution is -0.136. The largest absolute Gasteiger partial charge is 0.491 e. The van der Waals surface area contributed by atoms with Gasteiger partial charge in [-0.3, -0.25) is 19.2 Å². The summed E-state index contributed by atoms with van der Waals surface area (Å²) in [4.78, 5) is 54.9. The van der Waals surface area contributed by atoms with Crippen LogP contribution in [0.2, 0.25) is 0 Å². The molecule has 0 aromatic heterocycles. The Morgan fingerprint density at radius 1 is 0.911 bits per heavy atom. The van der Waals surface area contributed by atoms with E-state index in [1.165, 1.54) is 4.90 Å². The second-order valence-electron chi connectivity index (χ2n) is 11.9. The molecule has 1 heterocycles. The van der Waals surface area contributed by atoms with Crippen LogP contribution in [-0.2, 0) is 14.4 Å². The van der Waals surface area contributed by atoms with Crippen molar-refractivity contribution in [1.29, 1.82) is 0 Å². The highest BCUT2D eigenvalue weighted by atomic mass is 16.5. The lowest BCUT2D eigenvalue weighted by Gasteiger charge is -2.26. The van der Waals surface area contributed by atoms with Crippen LogP contribution in [0, 0.1) is 5.92 Å². The van der Waals surface area contributed by atoms with Gasteiger partial charge in [0.05, 0.1) is 12.1 Å². The minimum Gasteiger partial charge on any atom is -0.491 e. The molecule has 3 aromatic carbocycles. The molecular formula is C36H44N4O5. The second kappa shape index (κ2) is 16.4. The molecule has 0 unspecified atom stereocenters. The summed E-state index contributed by atoms with van der Waals surface area (Å²) in [6, 6.07) is 25.4. The SMILES string of the molecule is CC(C)C[C@@H]1NC(=O)CC[C@@H](C(=O)NCCC(c2ccccc2)c2ccccc2)NC(=O)c2ccccc2OCCN(C)C1=O. The summed E-state index contributed by atoms with van der Waals surface area (Å²) < 4.78 is 5.92. The predicted molar refractivity (Wildman–Crippen MR) is 174 cm³/mol. The average molecular weight is 613 g/mol. The van der Waals surface area contributed by atoms with Crippen LogP contribution in [0.4, 0.5) is 0 Å². The molecule has 0 aliphatic carbocycles. The van der Waals surface area contributed by atoms with Gasteiger partial charge in [-0.2, -0.15) is 0 Å². The topological polar surface area (TPSA) is 117 Å². The Hall–Kier alpha value is -4.66. The van der Waals surface area contributed by atoms with Crippen LogP contribution in [0.25, 0.3) is 0 Å². The molecule has 4 amide bonds. The molecule has 4 rings (SSSR count). The third-order valence-corrected chi connectivity index (χ3v) is 7.95. The lowest BCUT2D eigenvalue weighted by Crippen LogP contribution is -2.50. The maximum absolute atomic E-state index is 13.6. The highest BCUT2D eigenvalue weighted by molar-refractivity contribution is 5.99. The van der Waals surface area contributed by atoms with Crippen LogP contribution in [0.5, 0.6) is 5.75 Å².